The second-order valence-electron chi connectivity index (χ2n) is 7.31. The highest BCUT2D eigenvalue weighted by Crippen LogP contribution is 2.26. The Morgan fingerprint density at radius 1 is 1.07 bits per heavy atom. The molecule has 1 aliphatic carbocycles. The Labute approximate surface area is 172 Å². The molecule has 7 heteroatoms. The lowest BCUT2D eigenvalue weighted by molar-refractivity contribution is -0.123. The van der Waals surface area contributed by atoms with Gasteiger partial charge in [-0.15, -0.1) is 0 Å². The molecule has 0 atom stereocenters. The van der Waals surface area contributed by atoms with E-state index in [1.165, 1.54) is 4.31 Å². The Hall–Kier alpha value is -2.54. The van der Waals surface area contributed by atoms with E-state index in [2.05, 4.69) is 5.32 Å². The van der Waals surface area contributed by atoms with E-state index in [9.17, 15) is 13.2 Å². The summed E-state index contributed by atoms with van der Waals surface area (Å²) in [5.41, 5.74) is 1.56. The molecule has 0 unspecified atom stereocenters. The summed E-state index contributed by atoms with van der Waals surface area (Å²) in [5, 5.41) is 2.98. The fourth-order valence-electron chi connectivity index (χ4n) is 3.53. The molecular formula is C22H28N2O4S. The predicted molar refractivity (Wildman–Crippen MR) is 114 cm³/mol. The molecule has 0 spiro atoms. The summed E-state index contributed by atoms with van der Waals surface area (Å²) in [4.78, 5) is 12.2. The molecule has 29 heavy (non-hydrogen) atoms. The van der Waals surface area contributed by atoms with Crippen LogP contribution in [0.25, 0.3) is 0 Å². The zero-order chi connectivity index (χ0) is 20.9. The van der Waals surface area contributed by atoms with Crippen molar-refractivity contribution in [3.63, 3.8) is 0 Å². The van der Waals surface area contributed by atoms with Crippen LogP contribution in [0.5, 0.6) is 5.75 Å². The van der Waals surface area contributed by atoms with Gasteiger partial charge in [-0.05, 0) is 63.1 Å². The first kappa shape index (κ1) is 21.2. The number of sulfonamides is 1. The Balaban J connectivity index is 1.64. The lowest BCUT2D eigenvalue weighted by Gasteiger charge is -2.23. The highest BCUT2D eigenvalue weighted by atomic mass is 32.2. The highest BCUT2D eigenvalue weighted by molar-refractivity contribution is 7.92. The van der Waals surface area contributed by atoms with Gasteiger partial charge in [0.05, 0.1) is 10.6 Å². The number of carbonyl (C=O) groups is 1. The molecule has 1 fully saturated rings. The van der Waals surface area contributed by atoms with Crippen molar-refractivity contribution in [3.05, 3.63) is 54.1 Å². The first-order valence-corrected chi connectivity index (χ1v) is 11.5. The molecule has 0 aliphatic heterocycles. The zero-order valence-corrected chi connectivity index (χ0v) is 17.7. The molecule has 0 radical (unpaired) electrons. The van der Waals surface area contributed by atoms with E-state index in [-0.39, 0.29) is 23.5 Å². The molecule has 0 aromatic heterocycles. The number of rotatable bonds is 8. The summed E-state index contributed by atoms with van der Waals surface area (Å²) in [6.45, 7) is 3.97. The lowest BCUT2D eigenvalue weighted by Crippen LogP contribution is -2.36. The van der Waals surface area contributed by atoms with Gasteiger partial charge in [0.15, 0.2) is 6.61 Å². The topological polar surface area (TPSA) is 75.7 Å². The number of nitrogens with one attached hydrogen (secondary N) is 1. The monoisotopic (exact) mass is 416 g/mol. The number of ether oxygens (including phenoxy) is 1. The van der Waals surface area contributed by atoms with E-state index in [0.29, 0.717) is 18.0 Å². The summed E-state index contributed by atoms with van der Waals surface area (Å²) < 4.78 is 32.9. The van der Waals surface area contributed by atoms with Gasteiger partial charge >= 0.3 is 0 Å². The van der Waals surface area contributed by atoms with Crippen molar-refractivity contribution in [2.24, 2.45) is 0 Å². The van der Waals surface area contributed by atoms with E-state index in [1.54, 1.807) is 55.5 Å². The van der Waals surface area contributed by atoms with Crippen molar-refractivity contribution in [1.82, 2.24) is 5.32 Å². The average Bonchev–Trinajstić information content (AvgIpc) is 3.21. The second-order valence-corrected chi connectivity index (χ2v) is 9.18. The number of amides is 1. The predicted octanol–water partition coefficient (Wildman–Crippen LogP) is 3.65. The molecule has 1 saturated carbocycles. The van der Waals surface area contributed by atoms with E-state index >= 15 is 0 Å². The Kier molecular flexibility index (Phi) is 6.79. The van der Waals surface area contributed by atoms with E-state index in [4.69, 9.17) is 4.74 Å². The Morgan fingerprint density at radius 3 is 2.28 bits per heavy atom. The van der Waals surface area contributed by atoms with Gasteiger partial charge in [0, 0.05) is 12.6 Å². The highest BCUT2D eigenvalue weighted by Gasteiger charge is 2.23. The number of hydrogen-bond acceptors (Lipinski definition) is 4. The largest absolute Gasteiger partial charge is 0.484 e. The molecule has 0 bridgehead atoms. The molecule has 0 heterocycles. The molecule has 2 aromatic rings. The van der Waals surface area contributed by atoms with Crippen molar-refractivity contribution in [2.75, 3.05) is 17.5 Å². The number of nitrogens with zero attached hydrogens (tertiary/aromatic N) is 1. The van der Waals surface area contributed by atoms with Crippen LogP contribution in [0.2, 0.25) is 0 Å². The van der Waals surface area contributed by atoms with Crippen LogP contribution in [0.1, 0.15) is 38.2 Å². The van der Waals surface area contributed by atoms with Crippen molar-refractivity contribution in [2.45, 2.75) is 50.5 Å². The number of anilines is 1. The second kappa shape index (κ2) is 9.31. The van der Waals surface area contributed by atoms with E-state index < -0.39 is 10.0 Å². The smallest absolute Gasteiger partial charge is 0.264 e. The fourth-order valence-corrected chi connectivity index (χ4v) is 5.00. The minimum Gasteiger partial charge on any atom is -0.484 e. The molecule has 1 N–H and O–H groups in total. The SMILES string of the molecule is CCN(c1ccc(OCC(=O)NC2CCCC2)cc1)S(=O)(=O)c1ccc(C)cc1. The van der Waals surface area contributed by atoms with Crippen LogP contribution in [0, 0.1) is 6.92 Å². The maximum atomic E-state index is 13.0. The van der Waals surface area contributed by atoms with E-state index in [0.717, 1.165) is 31.2 Å². The lowest BCUT2D eigenvalue weighted by atomic mass is 10.2. The van der Waals surface area contributed by atoms with Gasteiger partial charge in [-0.3, -0.25) is 9.10 Å². The normalized spacial score (nSPS) is 14.6. The van der Waals surface area contributed by atoms with Gasteiger partial charge in [-0.1, -0.05) is 30.5 Å². The van der Waals surface area contributed by atoms with Crippen LogP contribution in [0.15, 0.2) is 53.4 Å². The fraction of sp³-hybridized carbons (Fsp3) is 0.409. The van der Waals surface area contributed by atoms with Crippen molar-refractivity contribution < 1.29 is 17.9 Å². The molecule has 1 amide bonds. The summed E-state index contributed by atoms with van der Waals surface area (Å²) in [6.07, 6.45) is 4.38. The summed E-state index contributed by atoms with van der Waals surface area (Å²) in [5.74, 6) is 0.400. The molecule has 3 rings (SSSR count). The van der Waals surface area contributed by atoms with Gasteiger partial charge in [-0.25, -0.2) is 8.42 Å². The third kappa shape index (κ3) is 5.29. The van der Waals surface area contributed by atoms with Gasteiger partial charge in [-0.2, -0.15) is 0 Å². The van der Waals surface area contributed by atoms with Crippen LogP contribution in [-0.2, 0) is 14.8 Å². The van der Waals surface area contributed by atoms with Crippen molar-refractivity contribution in [1.29, 1.82) is 0 Å². The third-order valence-corrected chi connectivity index (χ3v) is 7.03. The minimum absolute atomic E-state index is 0.0466. The quantitative estimate of drug-likeness (QED) is 0.713. The first-order valence-electron chi connectivity index (χ1n) is 10.0. The summed E-state index contributed by atoms with van der Waals surface area (Å²) >= 11 is 0. The van der Waals surface area contributed by atoms with Crippen LogP contribution in [0.3, 0.4) is 0 Å². The minimum atomic E-state index is -3.64. The number of benzene rings is 2. The first-order chi connectivity index (χ1) is 13.9. The summed E-state index contributed by atoms with van der Waals surface area (Å²) in [6, 6.07) is 13.8. The third-order valence-electron chi connectivity index (χ3n) is 5.11. The number of carbonyl (C=O) groups excluding carboxylic acids is 1. The Bertz CT molecular complexity index is 918. The molecular weight excluding hydrogens is 388 g/mol. The van der Waals surface area contributed by atoms with Crippen LogP contribution in [-0.4, -0.2) is 33.5 Å². The van der Waals surface area contributed by atoms with Crippen molar-refractivity contribution in [3.8, 4) is 5.75 Å². The summed E-state index contributed by atoms with van der Waals surface area (Å²) in [7, 11) is -3.64. The van der Waals surface area contributed by atoms with Crippen molar-refractivity contribution >= 4 is 21.6 Å². The standard InChI is InChI=1S/C22H28N2O4S/c1-3-24(29(26,27)21-14-8-17(2)9-15-21)19-10-12-20(13-11-19)28-16-22(25)23-18-6-4-5-7-18/h8-15,18H,3-7,16H2,1-2H3,(H,23,25). The van der Waals surface area contributed by atoms with Gasteiger partial charge < -0.3 is 10.1 Å². The Morgan fingerprint density at radius 2 is 1.69 bits per heavy atom. The van der Waals surface area contributed by atoms with Crippen LogP contribution in [0.4, 0.5) is 5.69 Å². The molecule has 6 nitrogen and oxygen atoms in total. The number of hydrogen-bond donors (Lipinski definition) is 1. The zero-order valence-electron chi connectivity index (χ0n) is 16.9. The average molecular weight is 417 g/mol. The molecule has 0 saturated heterocycles. The van der Waals surface area contributed by atoms with Gasteiger partial charge in [0.25, 0.3) is 15.9 Å². The van der Waals surface area contributed by atoms with E-state index in [1.807, 2.05) is 6.92 Å². The maximum absolute atomic E-state index is 13.0. The molecule has 1 aliphatic rings. The van der Waals surface area contributed by atoms with Gasteiger partial charge in [0.1, 0.15) is 5.75 Å². The van der Waals surface area contributed by atoms with Crippen LogP contribution >= 0.6 is 0 Å². The molecule has 2 aromatic carbocycles. The molecule has 156 valence electrons. The van der Waals surface area contributed by atoms with Gasteiger partial charge in [0.2, 0.25) is 0 Å². The number of aryl methyl sites for hydroxylation is 1. The maximum Gasteiger partial charge on any atom is 0.264 e. The van der Waals surface area contributed by atoms with Crippen LogP contribution < -0.4 is 14.4 Å².